The highest BCUT2D eigenvalue weighted by Crippen LogP contribution is 2.26. The maximum absolute atomic E-state index is 13.4. The van der Waals surface area contributed by atoms with Gasteiger partial charge < -0.3 is 14.8 Å². The summed E-state index contributed by atoms with van der Waals surface area (Å²) >= 11 is 0. The lowest BCUT2D eigenvalue weighted by Crippen LogP contribution is -2.59. The third-order valence-corrected chi connectivity index (χ3v) is 6.00. The first-order valence-corrected chi connectivity index (χ1v) is 9.99. The van der Waals surface area contributed by atoms with Crippen LogP contribution in [0.25, 0.3) is 0 Å². The molecule has 0 aliphatic carbocycles. The van der Waals surface area contributed by atoms with Gasteiger partial charge in [0.05, 0.1) is 36.3 Å². The first kappa shape index (κ1) is 20.2. The molecule has 1 aliphatic rings. The van der Waals surface area contributed by atoms with Crippen LogP contribution in [0.4, 0.5) is 10.1 Å². The van der Waals surface area contributed by atoms with Gasteiger partial charge in [-0.25, -0.2) is 17.5 Å². The highest BCUT2D eigenvalue weighted by atomic mass is 32.2. The summed E-state index contributed by atoms with van der Waals surface area (Å²) < 4.78 is 51.6. The lowest BCUT2D eigenvalue weighted by atomic mass is 10.0. The minimum absolute atomic E-state index is 0.0439. The Bertz CT molecular complexity index is 1020. The molecule has 2 N–H and O–H groups in total. The number of sulfonamides is 1. The lowest BCUT2D eigenvalue weighted by Gasteiger charge is -2.38. The molecule has 1 heterocycles. The third-order valence-electron chi connectivity index (χ3n) is 4.36. The topological polar surface area (TPSA) is 93.7 Å². The molecule has 0 saturated carbocycles. The number of aryl methyl sites for hydroxylation is 1. The predicted octanol–water partition coefficient (Wildman–Crippen LogP) is 2.46. The Kier molecular flexibility index (Phi) is 5.42. The Morgan fingerprint density at radius 1 is 1.21 bits per heavy atom. The zero-order chi connectivity index (χ0) is 20.5. The molecule has 150 valence electrons. The number of amides is 1. The molecule has 0 unspecified atom stereocenters. The summed E-state index contributed by atoms with van der Waals surface area (Å²) in [4.78, 5) is 12.6. The van der Waals surface area contributed by atoms with Gasteiger partial charge in [0.2, 0.25) is 10.0 Å². The summed E-state index contributed by atoms with van der Waals surface area (Å²) in [5.74, 6) is -0.741. The lowest BCUT2D eigenvalue weighted by molar-refractivity contribution is -0.0523. The number of hydrogen-bond donors (Lipinski definition) is 2. The zero-order valence-electron chi connectivity index (χ0n) is 15.7. The van der Waals surface area contributed by atoms with E-state index in [4.69, 9.17) is 9.47 Å². The van der Waals surface area contributed by atoms with Crippen molar-refractivity contribution in [2.75, 3.05) is 25.6 Å². The number of rotatable bonds is 6. The van der Waals surface area contributed by atoms with Crippen molar-refractivity contribution in [1.29, 1.82) is 0 Å². The fourth-order valence-electron chi connectivity index (χ4n) is 2.80. The Morgan fingerprint density at radius 3 is 2.50 bits per heavy atom. The van der Waals surface area contributed by atoms with Crippen LogP contribution in [0, 0.1) is 12.7 Å². The van der Waals surface area contributed by atoms with Gasteiger partial charge in [0.25, 0.3) is 5.91 Å². The summed E-state index contributed by atoms with van der Waals surface area (Å²) in [6.45, 7) is 3.87. The van der Waals surface area contributed by atoms with Gasteiger partial charge in [0, 0.05) is 5.69 Å². The predicted molar refractivity (Wildman–Crippen MR) is 102 cm³/mol. The number of hydrogen-bond acceptors (Lipinski definition) is 5. The maximum Gasteiger partial charge on any atom is 0.259 e. The molecule has 9 heteroatoms. The number of benzene rings is 2. The molecular weight excluding hydrogens is 387 g/mol. The van der Waals surface area contributed by atoms with Crippen LogP contribution in [0.1, 0.15) is 22.8 Å². The quantitative estimate of drug-likeness (QED) is 0.766. The van der Waals surface area contributed by atoms with Crippen LogP contribution in [0.5, 0.6) is 5.75 Å². The summed E-state index contributed by atoms with van der Waals surface area (Å²) in [6, 6.07) is 8.18. The largest absolute Gasteiger partial charge is 0.496 e. The number of methoxy groups -OCH3 is 1. The van der Waals surface area contributed by atoms with Crippen molar-refractivity contribution in [3.63, 3.8) is 0 Å². The van der Waals surface area contributed by atoms with Crippen molar-refractivity contribution in [2.24, 2.45) is 0 Å². The molecule has 1 aliphatic heterocycles. The highest BCUT2D eigenvalue weighted by molar-refractivity contribution is 7.89. The molecule has 7 nitrogen and oxygen atoms in total. The molecule has 1 amide bonds. The van der Waals surface area contributed by atoms with E-state index in [2.05, 4.69) is 10.0 Å². The van der Waals surface area contributed by atoms with Crippen LogP contribution in [0.15, 0.2) is 41.3 Å². The van der Waals surface area contributed by atoms with E-state index in [9.17, 15) is 17.6 Å². The van der Waals surface area contributed by atoms with Gasteiger partial charge in [0.1, 0.15) is 11.6 Å². The molecule has 2 aromatic rings. The molecule has 0 aromatic heterocycles. The van der Waals surface area contributed by atoms with Crippen LogP contribution < -0.4 is 14.8 Å². The van der Waals surface area contributed by atoms with Crippen molar-refractivity contribution in [3.05, 3.63) is 53.3 Å². The van der Waals surface area contributed by atoms with Gasteiger partial charge in [-0.3, -0.25) is 4.79 Å². The summed E-state index contributed by atoms with van der Waals surface area (Å²) in [5.41, 5.74) is 0.132. The van der Waals surface area contributed by atoms with Gasteiger partial charge in [-0.05, 0) is 55.8 Å². The molecule has 0 spiro atoms. The van der Waals surface area contributed by atoms with Gasteiger partial charge in [-0.15, -0.1) is 0 Å². The van der Waals surface area contributed by atoms with E-state index in [0.29, 0.717) is 11.3 Å². The van der Waals surface area contributed by atoms with Crippen molar-refractivity contribution < 1.29 is 27.1 Å². The smallest absolute Gasteiger partial charge is 0.259 e. The van der Waals surface area contributed by atoms with Crippen LogP contribution in [0.2, 0.25) is 0 Å². The SMILES string of the molecule is COc1ccc(S(=O)(=O)NC2(C)COC2)cc1C(=O)Nc1ccc(F)c(C)c1. The van der Waals surface area contributed by atoms with E-state index in [-0.39, 0.29) is 35.2 Å². The summed E-state index contributed by atoms with van der Waals surface area (Å²) in [5, 5.41) is 2.63. The van der Waals surface area contributed by atoms with Gasteiger partial charge >= 0.3 is 0 Å². The number of anilines is 1. The van der Waals surface area contributed by atoms with E-state index >= 15 is 0 Å². The maximum atomic E-state index is 13.4. The molecule has 0 bridgehead atoms. The normalized spacial score (nSPS) is 15.6. The van der Waals surface area contributed by atoms with E-state index < -0.39 is 21.5 Å². The number of carbonyl (C=O) groups is 1. The van der Waals surface area contributed by atoms with Crippen molar-refractivity contribution >= 4 is 21.6 Å². The molecule has 3 rings (SSSR count). The van der Waals surface area contributed by atoms with E-state index in [1.807, 2.05) is 0 Å². The molecule has 28 heavy (non-hydrogen) atoms. The van der Waals surface area contributed by atoms with Crippen LogP contribution >= 0.6 is 0 Å². The Balaban J connectivity index is 1.90. The second-order valence-electron chi connectivity index (χ2n) is 6.94. The standard InChI is InChI=1S/C19H21FN2O5S/c1-12-8-13(4-6-16(12)20)21-18(23)15-9-14(5-7-17(15)26-3)28(24,25)22-19(2)10-27-11-19/h4-9,22H,10-11H2,1-3H3,(H,21,23). The molecule has 2 aromatic carbocycles. The number of nitrogens with one attached hydrogen (secondary N) is 2. The number of halogens is 1. The number of ether oxygens (including phenoxy) is 2. The molecular formula is C19H21FN2O5S. The highest BCUT2D eigenvalue weighted by Gasteiger charge is 2.38. The van der Waals surface area contributed by atoms with Gasteiger partial charge in [-0.1, -0.05) is 0 Å². The monoisotopic (exact) mass is 408 g/mol. The van der Waals surface area contributed by atoms with Gasteiger partial charge in [-0.2, -0.15) is 0 Å². The van der Waals surface area contributed by atoms with Crippen molar-refractivity contribution in [3.8, 4) is 5.75 Å². The van der Waals surface area contributed by atoms with E-state index in [1.165, 1.54) is 43.5 Å². The summed E-state index contributed by atoms with van der Waals surface area (Å²) in [7, 11) is -2.48. The molecule has 1 fully saturated rings. The van der Waals surface area contributed by atoms with Gasteiger partial charge in [0.15, 0.2) is 0 Å². The zero-order valence-corrected chi connectivity index (χ0v) is 16.5. The Labute approximate surface area is 162 Å². The first-order chi connectivity index (χ1) is 13.1. The second kappa shape index (κ2) is 7.50. The van der Waals surface area contributed by atoms with Crippen molar-refractivity contribution in [1.82, 2.24) is 4.72 Å². The minimum Gasteiger partial charge on any atom is -0.496 e. The van der Waals surface area contributed by atoms with Crippen LogP contribution in [0.3, 0.4) is 0 Å². The minimum atomic E-state index is -3.86. The summed E-state index contributed by atoms with van der Waals surface area (Å²) in [6.07, 6.45) is 0. The average molecular weight is 408 g/mol. The van der Waals surface area contributed by atoms with E-state index in [0.717, 1.165) is 0 Å². The van der Waals surface area contributed by atoms with Crippen LogP contribution in [-0.2, 0) is 14.8 Å². The molecule has 0 atom stereocenters. The second-order valence-corrected chi connectivity index (χ2v) is 8.62. The van der Waals surface area contributed by atoms with Crippen molar-refractivity contribution in [2.45, 2.75) is 24.3 Å². The fourth-order valence-corrected chi connectivity index (χ4v) is 4.21. The van der Waals surface area contributed by atoms with Crippen LogP contribution in [-0.4, -0.2) is 40.2 Å². The Hall–Kier alpha value is -2.49. The van der Waals surface area contributed by atoms with E-state index in [1.54, 1.807) is 13.8 Å². The number of carbonyl (C=O) groups excluding carboxylic acids is 1. The molecule has 1 saturated heterocycles. The Morgan fingerprint density at radius 2 is 1.93 bits per heavy atom. The molecule has 0 radical (unpaired) electrons. The first-order valence-electron chi connectivity index (χ1n) is 8.51. The fraction of sp³-hybridized carbons (Fsp3) is 0.316. The average Bonchev–Trinajstić information content (AvgIpc) is 2.62. The third kappa shape index (κ3) is 4.16.